The van der Waals surface area contributed by atoms with E-state index in [9.17, 15) is 5.11 Å². The van der Waals surface area contributed by atoms with Gasteiger partial charge in [-0.2, -0.15) is 0 Å². The van der Waals surface area contributed by atoms with Gasteiger partial charge in [-0.1, -0.05) is 39.3 Å². The summed E-state index contributed by atoms with van der Waals surface area (Å²) in [4.78, 5) is 0. The molecular formula is C19H30O2. The second-order valence-corrected chi connectivity index (χ2v) is 7.36. The topological polar surface area (TPSA) is 29.5 Å². The first kappa shape index (κ1) is 16.4. The Balaban J connectivity index is 2.35. The van der Waals surface area contributed by atoms with Crippen LogP contribution in [0, 0.1) is 17.8 Å². The molecule has 0 spiro atoms. The molecule has 1 aromatic rings. The third kappa shape index (κ3) is 3.60. The van der Waals surface area contributed by atoms with Gasteiger partial charge in [0.2, 0.25) is 0 Å². The number of benzene rings is 1. The molecule has 0 heterocycles. The Morgan fingerprint density at radius 3 is 2.52 bits per heavy atom. The van der Waals surface area contributed by atoms with E-state index in [1.54, 1.807) is 0 Å². The first-order valence-corrected chi connectivity index (χ1v) is 8.32. The van der Waals surface area contributed by atoms with E-state index in [1.165, 1.54) is 6.42 Å². The molecule has 2 heteroatoms. The minimum absolute atomic E-state index is 0.154. The fourth-order valence-electron chi connectivity index (χ4n) is 3.82. The van der Waals surface area contributed by atoms with Gasteiger partial charge in [0.05, 0.1) is 11.7 Å². The maximum Gasteiger partial charge on any atom is 0.120 e. The lowest BCUT2D eigenvalue weighted by molar-refractivity contribution is -0.0867. The van der Waals surface area contributed by atoms with E-state index in [-0.39, 0.29) is 6.10 Å². The molecule has 0 bridgehead atoms. The lowest BCUT2D eigenvalue weighted by Crippen LogP contribution is -2.43. The summed E-state index contributed by atoms with van der Waals surface area (Å²) in [5.74, 6) is 2.23. The molecule has 0 saturated heterocycles. The van der Waals surface area contributed by atoms with Crippen LogP contribution in [0.1, 0.15) is 59.4 Å². The average Bonchev–Trinajstić information content (AvgIpc) is 2.37. The molecule has 3 atom stereocenters. The van der Waals surface area contributed by atoms with Crippen LogP contribution in [0.4, 0.5) is 0 Å². The van der Waals surface area contributed by atoms with Crippen LogP contribution in [0.15, 0.2) is 24.3 Å². The largest absolute Gasteiger partial charge is 0.491 e. The summed E-state index contributed by atoms with van der Waals surface area (Å²) in [7, 11) is 0. The minimum atomic E-state index is -0.720. The maximum absolute atomic E-state index is 11.4. The van der Waals surface area contributed by atoms with E-state index >= 15 is 0 Å². The molecule has 0 aliphatic heterocycles. The summed E-state index contributed by atoms with van der Waals surface area (Å²) in [6.07, 6.45) is 3.32. The average molecular weight is 290 g/mol. The Morgan fingerprint density at radius 2 is 1.90 bits per heavy atom. The second-order valence-electron chi connectivity index (χ2n) is 7.36. The molecule has 2 rings (SSSR count). The summed E-state index contributed by atoms with van der Waals surface area (Å²) in [6, 6.07) is 8.07. The van der Waals surface area contributed by atoms with E-state index in [0.717, 1.165) is 24.2 Å². The molecule has 1 fully saturated rings. The standard InChI is InChI=1S/C19H30O2/c1-13(2)18-10-9-15(5)12-19(18,20)16-7-6-8-17(11-16)21-14(3)4/h6-8,11,13-15,18,20H,9-10,12H2,1-5H3. The Kier molecular flexibility index (Phi) is 4.98. The SMILES string of the molecule is CC1CCC(C(C)C)C(O)(c2cccc(OC(C)C)c2)C1. The molecule has 2 nitrogen and oxygen atoms in total. The zero-order valence-electron chi connectivity index (χ0n) is 14.1. The molecule has 0 amide bonds. The zero-order valence-corrected chi connectivity index (χ0v) is 14.1. The lowest BCUT2D eigenvalue weighted by Gasteiger charge is -2.45. The van der Waals surface area contributed by atoms with Crippen LogP contribution in [-0.2, 0) is 5.60 Å². The summed E-state index contributed by atoms with van der Waals surface area (Å²) in [5, 5.41) is 11.4. The molecule has 1 aliphatic rings. The number of hydrogen-bond acceptors (Lipinski definition) is 2. The summed E-state index contributed by atoms with van der Waals surface area (Å²) in [5.41, 5.74) is 0.299. The van der Waals surface area contributed by atoms with Crippen LogP contribution < -0.4 is 4.74 Å². The lowest BCUT2D eigenvalue weighted by atomic mass is 9.64. The van der Waals surface area contributed by atoms with Gasteiger partial charge >= 0.3 is 0 Å². The van der Waals surface area contributed by atoms with Gasteiger partial charge in [-0.15, -0.1) is 0 Å². The van der Waals surface area contributed by atoms with Crippen molar-refractivity contribution in [3.05, 3.63) is 29.8 Å². The van der Waals surface area contributed by atoms with Gasteiger partial charge < -0.3 is 9.84 Å². The highest BCUT2D eigenvalue weighted by molar-refractivity contribution is 5.33. The number of rotatable bonds is 4. The van der Waals surface area contributed by atoms with E-state index < -0.39 is 5.60 Å². The highest BCUT2D eigenvalue weighted by Gasteiger charge is 2.44. The third-order valence-corrected chi connectivity index (χ3v) is 4.75. The predicted octanol–water partition coefficient (Wildman–Crippen LogP) is 4.75. The molecule has 1 N–H and O–H groups in total. The molecule has 0 radical (unpaired) electrons. The molecule has 1 aliphatic carbocycles. The molecule has 0 aromatic heterocycles. The molecular weight excluding hydrogens is 260 g/mol. The molecule has 118 valence electrons. The first-order valence-electron chi connectivity index (χ1n) is 8.32. The Bertz CT molecular complexity index is 466. The molecule has 1 saturated carbocycles. The van der Waals surface area contributed by atoms with Gasteiger partial charge in [-0.3, -0.25) is 0 Å². The Morgan fingerprint density at radius 1 is 1.19 bits per heavy atom. The number of aliphatic hydroxyl groups is 1. The van der Waals surface area contributed by atoms with E-state index in [2.05, 4.69) is 26.8 Å². The van der Waals surface area contributed by atoms with Crippen molar-refractivity contribution in [2.45, 2.75) is 65.6 Å². The highest BCUT2D eigenvalue weighted by atomic mass is 16.5. The van der Waals surface area contributed by atoms with Gasteiger partial charge in [0.1, 0.15) is 5.75 Å². The third-order valence-electron chi connectivity index (χ3n) is 4.75. The van der Waals surface area contributed by atoms with Crippen molar-refractivity contribution in [1.82, 2.24) is 0 Å². The van der Waals surface area contributed by atoms with Crippen molar-refractivity contribution in [3.8, 4) is 5.75 Å². The maximum atomic E-state index is 11.4. The van der Waals surface area contributed by atoms with Crippen LogP contribution in [-0.4, -0.2) is 11.2 Å². The van der Waals surface area contributed by atoms with Crippen LogP contribution in [0.25, 0.3) is 0 Å². The van der Waals surface area contributed by atoms with Crippen molar-refractivity contribution in [2.75, 3.05) is 0 Å². The molecule has 21 heavy (non-hydrogen) atoms. The van der Waals surface area contributed by atoms with Gasteiger partial charge in [-0.25, -0.2) is 0 Å². The van der Waals surface area contributed by atoms with Crippen molar-refractivity contribution < 1.29 is 9.84 Å². The van der Waals surface area contributed by atoms with Gasteiger partial charge in [0.15, 0.2) is 0 Å². The number of hydrogen-bond donors (Lipinski definition) is 1. The normalized spacial score (nSPS) is 29.9. The summed E-state index contributed by atoms with van der Waals surface area (Å²) >= 11 is 0. The van der Waals surface area contributed by atoms with Crippen LogP contribution in [0.5, 0.6) is 5.75 Å². The molecule has 1 aromatic carbocycles. The first-order chi connectivity index (χ1) is 9.83. The fourth-order valence-corrected chi connectivity index (χ4v) is 3.82. The predicted molar refractivity (Wildman–Crippen MR) is 87.4 cm³/mol. The van der Waals surface area contributed by atoms with Crippen molar-refractivity contribution in [3.63, 3.8) is 0 Å². The van der Waals surface area contributed by atoms with Crippen LogP contribution in [0.3, 0.4) is 0 Å². The van der Waals surface area contributed by atoms with Crippen molar-refractivity contribution in [1.29, 1.82) is 0 Å². The van der Waals surface area contributed by atoms with E-state index in [0.29, 0.717) is 17.8 Å². The van der Waals surface area contributed by atoms with E-state index in [1.807, 2.05) is 32.0 Å². The van der Waals surface area contributed by atoms with Gasteiger partial charge in [0.25, 0.3) is 0 Å². The quantitative estimate of drug-likeness (QED) is 0.866. The summed E-state index contributed by atoms with van der Waals surface area (Å²) < 4.78 is 5.80. The Hall–Kier alpha value is -1.02. The fraction of sp³-hybridized carbons (Fsp3) is 0.684. The van der Waals surface area contributed by atoms with Crippen molar-refractivity contribution >= 4 is 0 Å². The van der Waals surface area contributed by atoms with E-state index in [4.69, 9.17) is 4.74 Å². The zero-order chi connectivity index (χ0) is 15.6. The van der Waals surface area contributed by atoms with Gasteiger partial charge in [-0.05, 0) is 62.1 Å². The number of ether oxygens (including phenoxy) is 1. The Labute approximate surface area is 129 Å². The highest BCUT2D eigenvalue weighted by Crippen LogP contribution is 2.47. The summed E-state index contributed by atoms with van der Waals surface area (Å²) in [6.45, 7) is 10.7. The van der Waals surface area contributed by atoms with Gasteiger partial charge in [0, 0.05) is 0 Å². The smallest absolute Gasteiger partial charge is 0.120 e. The molecule has 3 unspecified atom stereocenters. The minimum Gasteiger partial charge on any atom is -0.491 e. The van der Waals surface area contributed by atoms with Crippen molar-refractivity contribution in [2.24, 2.45) is 17.8 Å². The van der Waals surface area contributed by atoms with Crippen LogP contribution >= 0.6 is 0 Å². The monoisotopic (exact) mass is 290 g/mol. The second kappa shape index (κ2) is 6.39. The van der Waals surface area contributed by atoms with Crippen LogP contribution in [0.2, 0.25) is 0 Å².